The predicted octanol–water partition coefficient (Wildman–Crippen LogP) is 2.63. The first kappa shape index (κ1) is 24.9. The molecule has 2 N–H and O–H groups in total. The summed E-state index contributed by atoms with van der Waals surface area (Å²) in [6.45, 7) is 1.25. The van der Waals surface area contributed by atoms with Crippen LogP contribution in [0.5, 0.6) is 5.75 Å². The molecule has 186 valence electrons. The number of rotatable bonds is 7. The topological polar surface area (TPSA) is 124 Å². The maximum Gasteiger partial charge on any atom is 0.295 e. The summed E-state index contributed by atoms with van der Waals surface area (Å²) >= 11 is 0. The van der Waals surface area contributed by atoms with Crippen molar-refractivity contribution in [2.24, 2.45) is 0 Å². The molecule has 1 amide bonds. The number of aromatic hydroxyl groups is 1. The third-order valence-corrected chi connectivity index (χ3v) is 8.28. The maximum atomic E-state index is 13.0. The Labute approximate surface area is 204 Å². The number of aliphatic hydroxyl groups excluding tert-OH is 1. The number of likely N-dealkylation sites (tertiary alicyclic amines) is 1. The summed E-state index contributed by atoms with van der Waals surface area (Å²) in [4.78, 5) is 27.2. The molecule has 2 aliphatic rings. The Morgan fingerprint density at radius 2 is 1.63 bits per heavy atom. The molecule has 0 unspecified atom stereocenters. The molecule has 2 aromatic rings. The van der Waals surface area contributed by atoms with Crippen molar-refractivity contribution >= 4 is 27.5 Å². The number of carbonyl (C=O) groups is 2. The molecular formula is C25H28N2O7S. The molecule has 35 heavy (non-hydrogen) atoms. The Bertz CT molecular complexity index is 1230. The Morgan fingerprint density at radius 1 is 1.00 bits per heavy atom. The van der Waals surface area contributed by atoms with Gasteiger partial charge in [0.1, 0.15) is 11.5 Å². The van der Waals surface area contributed by atoms with E-state index >= 15 is 0 Å². The van der Waals surface area contributed by atoms with Crippen LogP contribution in [-0.2, 0) is 24.3 Å². The summed E-state index contributed by atoms with van der Waals surface area (Å²) in [5.41, 5.74) is 0.642. The van der Waals surface area contributed by atoms with Crippen LogP contribution in [-0.4, -0.2) is 72.9 Å². The van der Waals surface area contributed by atoms with Gasteiger partial charge in [-0.05, 0) is 54.8 Å². The van der Waals surface area contributed by atoms with Crippen LogP contribution in [0.4, 0.5) is 0 Å². The molecule has 0 bridgehead atoms. The standard InChI is InChI=1S/C25H28N2O7S/c1-34-16-15-27-22(17-5-9-19(28)10-6-17)21(24(30)25(27)31)23(29)18-7-11-20(12-8-18)35(32,33)26-13-3-2-4-14-26/h5-12,22,28-29H,2-4,13-16H2,1H3/b23-21+/t22-/m1/s1. The molecule has 2 fully saturated rings. The third kappa shape index (κ3) is 4.82. The van der Waals surface area contributed by atoms with E-state index in [1.807, 2.05) is 0 Å². The highest BCUT2D eigenvalue weighted by atomic mass is 32.2. The summed E-state index contributed by atoms with van der Waals surface area (Å²) in [6, 6.07) is 10.8. The van der Waals surface area contributed by atoms with Gasteiger partial charge in [0, 0.05) is 32.3 Å². The third-order valence-electron chi connectivity index (χ3n) is 6.37. The van der Waals surface area contributed by atoms with E-state index in [2.05, 4.69) is 0 Å². The van der Waals surface area contributed by atoms with E-state index in [4.69, 9.17) is 4.74 Å². The number of aliphatic hydroxyl groups is 1. The SMILES string of the molecule is COCCN1C(=O)C(=O)/C(=C(/O)c2ccc(S(=O)(=O)N3CCCCC3)cc2)[C@H]1c1ccc(O)cc1. The van der Waals surface area contributed by atoms with E-state index in [9.17, 15) is 28.2 Å². The van der Waals surface area contributed by atoms with Gasteiger partial charge in [0.2, 0.25) is 10.0 Å². The summed E-state index contributed by atoms with van der Waals surface area (Å²) in [7, 11) is -2.17. The zero-order valence-corrected chi connectivity index (χ0v) is 20.2. The number of amides is 1. The number of ketones is 1. The van der Waals surface area contributed by atoms with Crippen LogP contribution in [0, 0.1) is 0 Å². The Balaban J connectivity index is 1.73. The number of phenolic OH excluding ortho intramolecular Hbond substituents is 1. The fourth-order valence-electron chi connectivity index (χ4n) is 4.50. The van der Waals surface area contributed by atoms with Crippen LogP contribution in [0.25, 0.3) is 5.76 Å². The number of Topliss-reactive ketones (excluding diaryl/α,β-unsaturated/α-hetero) is 1. The Morgan fingerprint density at radius 3 is 2.23 bits per heavy atom. The zero-order chi connectivity index (χ0) is 25.2. The second-order valence-corrected chi connectivity index (χ2v) is 10.5. The van der Waals surface area contributed by atoms with Crippen LogP contribution in [0.1, 0.15) is 36.4 Å². The molecular weight excluding hydrogens is 472 g/mol. The number of hydrogen-bond donors (Lipinski definition) is 2. The highest BCUT2D eigenvalue weighted by Crippen LogP contribution is 2.39. The number of ether oxygens (including phenoxy) is 1. The number of sulfonamides is 1. The first-order valence-electron chi connectivity index (χ1n) is 11.4. The van der Waals surface area contributed by atoms with Crippen molar-refractivity contribution in [2.75, 3.05) is 33.4 Å². The van der Waals surface area contributed by atoms with Gasteiger partial charge in [0.15, 0.2) is 0 Å². The Kier molecular flexibility index (Phi) is 7.25. The van der Waals surface area contributed by atoms with Crippen LogP contribution >= 0.6 is 0 Å². The molecule has 9 nitrogen and oxygen atoms in total. The molecule has 2 aliphatic heterocycles. The highest BCUT2D eigenvalue weighted by molar-refractivity contribution is 7.89. The van der Waals surface area contributed by atoms with Crippen molar-refractivity contribution in [1.29, 1.82) is 0 Å². The molecule has 0 saturated carbocycles. The second-order valence-electron chi connectivity index (χ2n) is 8.57. The highest BCUT2D eigenvalue weighted by Gasteiger charge is 2.45. The van der Waals surface area contributed by atoms with E-state index in [0.717, 1.165) is 19.3 Å². The maximum absolute atomic E-state index is 13.0. The van der Waals surface area contributed by atoms with E-state index < -0.39 is 33.5 Å². The van der Waals surface area contributed by atoms with Crippen LogP contribution in [0.15, 0.2) is 59.0 Å². The van der Waals surface area contributed by atoms with Crippen molar-refractivity contribution in [1.82, 2.24) is 9.21 Å². The lowest BCUT2D eigenvalue weighted by Gasteiger charge is -2.26. The minimum absolute atomic E-state index is 0.0214. The molecule has 0 aliphatic carbocycles. The average Bonchev–Trinajstić information content (AvgIpc) is 3.13. The molecule has 0 spiro atoms. The van der Waals surface area contributed by atoms with Crippen LogP contribution < -0.4 is 0 Å². The normalized spacial score (nSPS) is 20.9. The lowest BCUT2D eigenvalue weighted by molar-refractivity contribution is -0.140. The van der Waals surface area contributed by atoms with Gasteiger partial charge in [-0.15, -0.1) is 0 Å². The fraction of sp³-hybridized carbons (Fsp3) is 0.360. The van der Waals surface area contributed by atoms with E-state index in [1.165, 1.54) is 52.7 Å². The van der Waals surface area contributed by atoms with Crippen molar-refractivity contribution < 1.29 is 33.0 Å². The van der Waals surface area contributed by atoms with Crippen molar-refractivity contribution in [3.63, 3.8) is 0 Å². The van der Waals surface area contributed by atoms with Gasteiger partial charge in [-0.25, -0.2) is 8.42 Å². The largest absolute Gasteiger partial charge is 0.508 e. The van der Waals surface area contributed by atoms with E-state index in [0.29, 0.717) is 18.7 Å². The van der Waals surface area contributed by atoms with Crippen LogP contribution in [0.2, 0.25) is 0 Å². The van der Waals surface area contributed by atoms with E-state index in [1.54, 1.807) is 12.1 Å². The average molecular weight is 501 g/mol. The lowest BCUT2D eigenvalue weighted by Crippen LogP contribution is -2.35. The molecule has 0 aromatic heterocycles. The molecule has 2 aromatic carbocycles. The molecule has 10 heteroatoms. The number of benzene rings is 2. The van der Waals surface area contributed by atoms with Gasteiger partial charge in [-0.2, -0.15) is 4.31 Å². The summed E-state index contributed by atoms with van der Waals surface area (Å²) in [6.07, 6.45) is 2.64. The quantitative estimate of drug-likeness (QED) is 0.340. The number of piperidine rings is 1. The molecule has 4 rings (SSSR count). The molecule has 2 heterocycles. The summed E-state index contributed by atoms with van der Waals surface area (Å²) in [5.74, 6) is -2.00. The first-order chi connectivity index (χ1) is 16.8. The minimum Gasteiger partial charge on any atom is -0.508 e. The number of nitrogens with zero attached hydrogens (tertiary/aromatic N) is 2. The fourth-order valence-corrected chi connectivity index (χ4v) is 6.02. The van der Waals surface area contributed by atoms with Gasteiger partial charge in [-0.3, -0.25) is 9.59 Å². The molecule has 2 saturated heterocycles. The van der Waals surface area contributed by atoms with E-state index in [-0.39, 0.29) is 34.9 Å². The number of carbonyl (C=O) groups excluding carboxylic acids is 2. The number of hydrogen-bond acceptors (Lipinski definition) is 7. The Hall–Kier alpha value is -3.21. The number of methoxy groups -OCH3 is 1. The smallest absolute Gasteiger partial charge is 0.295 e. The summed E-state index contributed by atoms with van der Waals surface area (Å²) in [5, 5.41) is 20.8. The molecule has 0 radical (unpaired) electrons. The van der Waals surface area contributed by atoms with Crippen LogP contribution in [0.3, 0.4) is 0 Å². The van der Waals surface area contributed by atoms with Crippen molar-refractivity contribution in [2.45, 2.75) is 30.2 Å². The van der Waals surface area contributed by atoms with Crippen molar-refractivity contribution in [3.05, 3.63) is 65.2 Å². The first-order valence-corrected chi connectivity index (χ1v) is 12.9. The second kappa shape index (κ2) is 10.2. The van der Waals surface area contributed by atoms with Crippen molar-refractivity contribution in [3.8, 4) is 5.75 Å². The van der Waals surface area contributed by atoms with Gasteiger partial charge in [0.25, 0.3) is 11.7 Å². The van der Waals surface area contributed by atoms with Gasteiger partial charge < -0.3 is 19.8 Å². The monoisotopic (exact) mass is 500 g/mol. The predicted molar refractivity (Wildman–Crippen MR) is 128 cm³/mol. The van der Waals surface area contributed by atoms with Gasteiger partial charge in [-0.1, -0.05) is 18.6 Å². The van der Waals surface area contributed by atoms with Gasteiger partial charge >= 0.3 is 0 Å². The molecule has 1 atom stereocenters. The summed E-state index contributed by atoms with van der Waals surface area (Å²) < 4.78 is 32.4. The minimum atomic E-state index is -3.65. The van der Waals surface area contributed by atoms with Gasteiger partial charge in [0.05, 0.1) is 23.1 Å². The number of phenols is 1. The lowest BCUT2D eigenvalue weighted by atomic mass is 9.95. The zero-order valence-electron chi connectivity index (χ0n) is 19.4.